The fourth-order valence-electron chi connectivity index (χ4n) is 3.11. The van der Waals surface area contributed by atoms with Crippen LogP contribution in [-0.4, -0.2) is 36.7 Å². The molecule has 4 heteroatoms. The Hall–Kier alpha value is -1.55. The normalized spacial score (nSPS) is 28.8. The Morgan fingerprint density at radius 1 is 1.32 bits per heavy atom. The van der Waals surface area contributed by atoms with E-state index >= 15 is 0 Å². The molecule has 1 aromatic rings. The quantitative estimate of drug-likeness (QED) is 0.898. The van der Waals surface area contributed by atoms with Crippen molar-refractivity contribution in [2.75, 3.05) is 19.7 Å². The molecule has 3 atom stereocenters. The van der Waals surface area contributed by atoms with Gasteiger partial charge in [-0.25, -0.2) is 4.79 Å². The summed E-state index contributed by atoms with van der Waals surface area (Å²) in [7, 11) is 0. The maximum absolute atomic E-state index is 11.4. The van der Waals surface area contributed by atoms with Crippen LogP contribution < -0.4 is 5.32 Å². The predicted molar refractivity (Wildman–Crippen MR) is 72.6 cm³/mol. The lowest BCUT2D eigenvalue weighted by molar-refractivity contribution is 0.149. The van der Waals surface area contributed by atoms with E-state index in [0.717, 1.165) is 19.6 Å². The third-order valence-electron chi connectivity index (χ3n) is 4.08. The summed E-state index contributed by atoms with van der Waals surface area (Å²) in [4.78, 5) is 13.8. The number of nitrogens with zero attached hydrogens (tertiary/aromatic N) is 1. The fraction of sp³-hybridized carbons (Fsp3) is 0.533. The van der Waals surface area contributed by atoms with Crippen LogP contribution in [0, 0.1) is 11.8 Å². The maximum atomic E-state index is 11.4. The Morgan fingerprint density at radius 3 is 2.63 bits per heavy atom. The summed E-state index contributed by atoms with van der Waals surface area (Å²) in [5, 5.41) is 2.95. The number of piperidine rings is 1. The van der Waals surface area contributed by atoms with Crippen molar-refractivity contribution >= 4 is 6.09 Å². The number of likely N-dealkylation sites (tertiary alicyclic amines) is 1. The van der Waals surface area contributed by atoms with Crippen molar-refractivity contribution in [3.63, 3.8) is 0 Å². The summed E-state index contributed by atoms with van der Waals surface area (Å²) in [6.07, 6.45) is -0.267. The van der Waals surface area contributed by atoms with Crippen molar-refractivity contribution in [1.82, 2.24) is 10.2 Å². The fourth-order valence-corrected chi connectivity index (χ4v) is 3.11. The molecule has 19 heavy (non-hydrogen) atoms. The third kappa shape index (κ3) is 2.73. The van der Waals surface area contributed by atoms with Crippen LogP contribution in [0.4, 0.5) is 4.79 Å². The van der Waals surface area contributed by atoms with Crippen LogP contribution >= 0.6 is 0 Å². The van der Waals surface area contributed by atoms with E-state index < -0.39 is 0 Å². The number of nitrogens with one attached hydrogen (secondary N) is 1. The highest BCUT2D eigenvalue weighted by atomic mass is 16.5. The van der Waals surface area contributed by atoms with E-state index in [9.17, 15) is 4.79 Å². The van der Waals surface area contributed by atoms with E-state index in [1.54, 1.807) is 0 Å². The number of alkyl carbamates (subject to hydrolysis) is 1. The van der Waals surface area contributed by atoms with Crippen LogP contribution in [0.3, 0.4) is 0 Å². The number of benzene rings is 1. The van der Waals surface area contributed by atoms with Crippen LogP contribution in [0.1, 0.15) is 12.5 Å². The van der Waals surface area contributed by atoms with E-state index in [0.29, 0.717) is 24.5 Å². The number of amides is 1. The Bertz CT molecular complexity index is 437. The second-order valence-electron chi connectivity index (χ2n) is 5.40. The molecule has 0 bridgehead atoms. The summed E-state index contributed by atoms with van der Waals surface area (Å²) in [6.45, 7) is 5.44. The first kappa shape index (κ1) is 12.5. The first-order valence-electron chi connectivity index (χ1n) is 6.97. The molecular weight excluding hydrogens is 240 g/mol. The van der Waals surface area contributed by atoms with E-state index in [2.05, 4.69) is 34.5 Å². The van der Waals surface area contributed by atoms with Crippen molar-refractivity contribution in [2.24, 2.45) is 11.8 Å². The Balaban J connectivity index is 1.44. The zero-order valence-corrected chi connectivity index (χ0v) is 11.2. The molecule has 0 aromatic heterocycles. The molecule has 1 aliphatic carbocycles. The standard InChI is InChI=1S/C15H20N2O2/c1-2-19-15(18)16-14-12-9-17(10-13(12)14)8-11-6-4-3-5-7-11/h3-7,12-14H,2,8-10H2,1H3,(H,16,18)/t12-,13+,14+. The van der Waals surface area contributed by atoms with Gasteiger partial charge in [-0.3, -0.25) is 4.90 Å². The van der Waals surface area contributed by atoms with Crippen molar-refractivity contribution in [3.05, 3.63) is 35.9 Å². The van der Waals surface area contributed by atoms with E-state index in [-0.39, 0.29) is 6.09 Å². The molecule has 1 saturated carbocycles. The lowest BCUT2D eigenvalue weighted by Gasteiger charge is -2.19. The minimum Gasteiger partial charge on any atom is -0.450 e. The molecule has 0 spiro atoms. The van der Waals surface area contributed by atoms with Crippen LogP contribution in [0.5, 0.6) is 0 Å². The number of hydrogen-bond donors (Lipinski definition) is 1. The SMILES string of the molecule is CCOC(=O)N[C@H]1[C@@H]2CN(Cc3ccccc3)C[C@@H]21. The van der Waals surface area contributed by atoms with Gasteiger partial charge in [0.15, 0.2) is 0 Å². The van der Waals surface area contributed by atoms with Gasteiger partial charge in [-0.15, -0.1) is 0 Å². The van der Waals surface area contributed by atoms with Gasteiger partial charge >= 0.3 is 6.09 Å². The number of rotatable bonds is 4. The Morgan fingerprint density at radius 2 is 2.00 bits per heavy atom. The van der Waals surface area contributed by atoms with Crippen molar-refractivity contribution in [1.29, 1.82) is 0 Å². The largest absolute Gasteiger partial charge is 0.450 e. The van der Waals surface area contributed by atoms with Gasteiger partial charge in [0.25, 0.3) is 0 Å². The molecule has 1 heterocycles. The lowest BCUT2D eigenvalue weighted by atomic mass is 10.2. The minimum atomic E-state index is -0.267. The van der Waals surface area contributed by atoms with Gasteiger partial charge in [0.2, 0.25) is 0 Å². The van der Waals surface area contributed by atoms with Gasteiger partial charge in [0.05, 0.1) is 6.61 Å². The maximum Gasteiger partial charge on any atom is 0.407 e. The van der Waals surface area contributed by atoms with Crippen LogP contribution in [0.15, 0.2) is 30.3 Å². The summed E-state index contributed by atoms with van der Waals surface area (Å²) < 4.78 is 4.92. The first-order chi connectivity index (χ1) is 9.28. The highest BCUT2D eigenvalue weighted by Crippen LogP contribution is 2.45. The third-order valence-corrected chi connectivity index (χ3v) is 4.08. The van der Waals surface area contributed by atoms with Gasteiger partial charge in [-0.2, -0.15) is 0 Å². The first-order valence-corrected chi connectivity index (χ1v) is 6.97. The summed E-state index contributed by atoms with van der Waals surface area (Å²) in [6, 6.07) is 10.9. The van der Waals surface area contributed by atoms with Crippen LogP contribution in [-0.2, 0) is 11.3 Å². The van der Waals surface area contributed by atoms with Gasteiger partial charge in [-0.1, -0.05) is 30.3 Å². The molecule has 1 N–H and O–H groups in total. The summed E-state index contributed by atoms with van der Waals surface area (Å²) in [5.41, 5.74) is 1.36. The van der Waals surface area contributed by atoms with Gasteiger partial charge in [0, 0.05) is 25.7 Å². The molecule has 0 unspecified atom stereocenters. The minimum absolute atomic E-state index is 0.267. The average Bonchev–Trinajstić information content (AvgIpc) is 2.86. The Kier molecular flexibility index (Phi) is 3.42. The molecule has 102 valence electrons. The molecule has 3 rings (SSSR count). The van der Waals surface area contributed by atoms with Crippen LogP contribution in [0.25, 0.3) is 0 Å². The topological polar surface area (TPSA) is 41.6 Å². The Labute approximate surface area is 113 Å². The summed E-state index contributed by atoms with van der Waals surface area (Å²) in [5.74, 6) is 1.24. The molecule has 2 aliphatic rings. The molecule has 1 aliphatic heterocycles. The van der Waals surface area contributed by atoms with Crippen molar-refractivity contribution in [2.45, 2.75) is 19.5 Å². The zero-order valence-electron chi connectivity index (χ0n) is 11.2. The van der Waals surface area contributed by atoms with Gasteiger partial charge in [-0.05, 0) is 24.3 Å². The second-order valence-corrected chi connectivity index (χ2v) is 5.40. The zero-order chi connectivity index (χ0) is 13.2. The molecule has 1 aromatic carbocycles. The second kappa shape index (κ2) is 5.21. The molecule has 4 nitrogen and oxygen atoms in total. The number of fused-ring (bicyclic) bond motifs is 1. The number of hydrogen-bond acceptors (Lipinski definition) is 3. The molecule has 0 radical (unpaired) electrons. The van der Waals surface area contributed by atoms with Crippen molar-refractivity contribution in [3.8, 4) is 0 Å². The highest BCUT2D eigenvalue weighted by Gasteiger charge is 2.56. The van der Waals surface area contributed by atoms with Gasteiger partial charge in [0.1, 0.15) is 0 Å². The monoisotopic (exact) mass is 260 g/mol. The molecule has 2 fully saturated rings. The average molecular weight is 260 g/mol. The molecule has 1 saturated heterocycles. The lowest BCUT2D eigenvalue weighted by Crippen LogP contribution is -2.34. The molecule has 1 amide bonds. The predicted octanol–water partition coefficient (Wildman–Crippen LogP) is 1.86. The number of carbonyl (C=O) groups is 1. The van der Waals surface area contributed by atoms with E-state index in [4.69, 9.17) is 4.74 Å². The smallest absolute Gasteiger partial charge is 0.407 e. The van der Waals surface area contributed by atoms with E-state index in [1.165, 1.54) is 5.56 Å². The van der Waals surface area contributed by atoms with Crippen molar-refractivity contribution < 1.29 is 9.53 Å². The number of carbonyl (C=O) groups excluding carboxylic acids is 1. The summed E-state index contributed by atoms with van der Waals surface area (Å²) >= 11 is 0. The van der Waals surface area contributed by atoms with Gasteiger partial charge < -0.3 is 10.1 Å². The van der Waals surface area contributed by atoms with Crippen LogP contribution in [0.2, 0.25) is 0 Å². The molecular formula is C15H20N2O2. The highest BCUT2D eigenvalue weighted by molar-refractivity contribution is 5.68. The van der Waals surface area contributed by atoms with E-state index in [1.807, 2.05) is 13.0 Å². The number of ether oxygens (including phenoxy) is 1.